The quantitative estimate of drug-likeness (QED) is 0.539. The molecule has 4 rings (SSSR count). The van der Waals surface area contributed by atoms with E-state index in [0.717, 1.165) is 10.3 Å². The number of rotatable bonds is 4. The van der Waals surface area contributed by atoms with Crippen molar-refractivity contribution < 1.29 is 18.8 Å². The number of thiazole rings is 1. The minimum absolute atomic E-state index is 0.156. The van der Waals surface area contributed by atoms with Crippen molar-refractivity contribution in [1.82, 2.24) is 10.1 Å². The molecule has 2 aromatic heterocycles. The SMILES string of the molecule is COC(=O)c1ccc2nc(NC(=O)c3cc(-c4ccccc4)on3)sc2c1. The van der Waals surface area contributed by atoms with Gasteiger partial charge in [0.15, 0.2) is 16.6 Å². The third-order valence-electron chi connectivity index (χ3n) is 3.83. The van der Waals surface area contributed by atoms with Gasteiger partial charge in [-0.1, -0.05) is 46.8 Å². The Morgan fingerprint density at radius 2 is 1.93 bits per heavy atom. The molecular formula is C19H13N3O4S. The highest BCUT2D eigenvalue weighted by Crippen LogP contribution is 2.28. The van der Waals surface area contributed by atoms with Crippen LogP contribution in [0.5, 0.6) is 0 Å². The van der Waals surface area contributed by atoms with E-state index < -0.39 is 11.9 Å². The van der Waals surface area contributed by atoms with Crippen LogP contribution in [-0.2, 0) is 4.74 Å². The monoisotopic (exact) mass is 379 g/mol. The van der Waals surface area contributed by atoms with Crippen molar-refractivity contribution in [2.24, 2.45) is 0 Å². The lowest BCUT2D eigenvalue weighted by Crippen LogP contribution is -2.11. The summed E-state index contributed by atoms with van der Waals surface area (Å²) in [7, 11) is 1.33. The first-order valence-corrected chi connectivity index (χ1v) is 8.78. The Morgan fingerprint density at radius 1 is 1.11 bits per heavy atom. The number of anilines is 1. The van der Waals surface area contributed by atoms with Crippen LogP contribution < -0.4 is 5.32 Å². The van der Waals surface area contributed by atoms with E-state index in [1.807, 2.05) is 30.3 Å². The van der Waals surface area contributed by atoms with Crippen LogP contribution in [0.25, 0.3) is 21.5 Å². The Balaban J connectivity index is 1.54. The van der Waals surface area contributed by atoms with Crippen LogP contribution in [0.15, 0.2) is 59.1 Å². The second-order valence-corrected chi connectivity index (χ2v) is 6.62. The Hall–Kier alpha value is -3.52. The Labute approximate surface area is 157 Å². The second kappa shape index (κ2) is 7.00. The molecule has 0 saturated heterocycles. The summed E-state index contributed by atoms with van der Waals surface area (Å²) in [6.07, 6.45) is 0. The van der Waals surface area contributed by atoms with E-state index >= 15 is 0 Å². The third kappa shape index (κ3) is 3.42. The molecule has 0 spiro atoms. The number of methoxy groups -OCH3 is 1. The predicted octanol–water partition coefficient (Wildman–Crippen LogP) is 3.99. The highest BCUT2D eigenvalue weighted by Gasteiger charge is 2.16. The first kappa shape index (κ1) is 16.9. The van der Waals surface area contributed by atoms with E-state index in [9.17, 15) is 9.59 Å². The number of carbonyl (C=O) groups excluding carboxylic acids is 2. The van der Waals surface area contributed by atoms with Gasteiger partial charge < -0.3 is 9.26 Å². The van der Waals surface area contributed by atoms with Crippen LogP contribution in [-0.4, -0.2) is 29.1 Å². The zero-order valence-corrected chi connectivity index (χ0v) is 14.9. The maximum absolute atomic E-state index is 12.4. The standard InChI is InChI=1S/C19H13N3O4S/c1-25-18(24)12-7-8-13-16(9-12)27-19(20-13)21-17(23)14-10-15(26-22-14)11-5-3-2-4-6-11/h2-10H,1H3,(H,20,21,23). The number of hydrogen-bond acceptors (Lipinski definition) is 7. The first-order valence-electron chi connectivity index (χ1n) is 7.96. The number of carbonyl (C=O) groups is 2. The van der Waals surface area contributed by atoms with E-state index in [0.29, 0.717) is 22.0 Å². The number of aromatic nitrogens is 2. The Morgan fingerprint density at radius 3 is 2.70 bits per heavy atom. The van der Waals surface area contributed by atoms with Gasteiger partial charge in [0.05, 0.1) is 22.9 Å². The molecule has 0 saturated carbocycles. The van der Waals surface area contributed by atoms with E-state index in [2.05, 4.69) is 15.5 Å². The van der Waals surface area contributed by atoms with Gasteiger partial charge in [-0.2, -0.15) is 0 Å². The molecule has 1 N–H and O–H groups in total. The highest BCUT2D eigenvalue weighted by atomic mass is 32.1. The lowest BCUT2D eigenvalue weighted by atomic mass is 10.1. The molecule has 0 fully saturated rings. The number of hydrogen-bond donors (Lipinski definition) is 1. The van der Waals surface area contributed by atoms with Crippen LogP contribution in [0.2, 0.25) is 0 Å². The smallest absolute Gasteiger partial charge is 0.337 e. The van der Waals surface area contributed by atoms with Gasteiger partial charge in [0.1, 0.15) is 0 Å². The molecule has 0 aliphatic rings. The molecule has 0 bridgehead atoms. The lowest BCUT2D eigenvalue weighted by molar-refractivity contribution is 0.0601. The summed E-state index contributed by atoms with van der Waals surface area (Å²) in [4.78, 5) is 28.4. The normalized spacial score (nSPS) is 10.7. The third-order valence-corrected chi connectivity index (χ3v) is 4.76. The van der Waals surface area contributed by atoms with Gasteiger partial charge in [0, 0.05) is 11.6 Å². The zero-order valence-electron chi connectivity index (χ0n) is 14.1. The average molecular weight is 379 g/mol. The molecule has 4 aromatic rings. The maximum Gasteiger partial charge on any atom is 0.337 e. The number of esters is 1. The Bertz CT molecular complexity index is 1130. The molecule has 8 heteroatoms. The summed E-state index contributed by atoms with van der Waals surface area (Å²) in [5.74, 6) is -0.340. The maximum atomic E-state index is 12.4. The summed E-state index contributed by atoms with van der Waals surface area (Å²) in [6, 6.07) is 16.0. The lowest BCUT2D eigenvalue weighted by Gasteiger charge is -1.97. The summed E-state index contributed by atoms with van der Waals surface area (Å²) >= 11 is 1.26. The van der Waals surface area contributed by atoms with Crippen molar-refractivity contribution >= 4 is 38.6 Å². The van der Waals surface area contributed by atoms with Crippen LogP contribution in [0.4, 0.5) is 5.13 Å². The van der Waals surface area contributed by atoms with E-state index in [-0.39, 0.29) is 5.69 Å². The van der Waals surface area contributed by atoms with Gasteiger partial charge in [-0.3, -0.25) is 10.1 Å². The fourth-order valence-electron chi connectivity index (χ4n) is 2.50. The molecule has 2 heterocycles. The van der Waals surface area contributed by atoms with Crippen molar-refractivity contribution in [3.05, 3.63) is 65.9 Å². The number of amides is 1. The number of ether oxygens (including phenoxy) is 1. The minimum Gasteiger partial charge on any atom is -0.465 e. The first-order chi connectivity index (χ1) is 13.1. The molecular weight excluding hydrogens is 366 g/mol. The molecule has 0 unspecified atom stereocenters. The minimum atomic E-state index is -0.424. The summed E-state index contributed by atoms with van der Waals surface area (Å²) in [5, 5.41) is 6.93. The van der Waals surface area contributed by atoms with E-state index in [1.54, 1.807) is 24.3 Å². The molecule has 0 aliphatic heterocycles. The van der Waals surface area contributed by atoms with Crippen molar-refractivity contribution in [1.29, 1.82) is 0 Å². The molecule has 27 heavy (non-hydrogen) atoms. The number of nitrogens with zero attached hydrogens (tertiary/aromatic N) is 2. The highest BCUT2D eigenvalue weighted by molar-refractivity contribution is 7.22. The number of nitrogens with one attached hydrogen (secondary N) is 1. The number of benzene rings is 2. The Kier molecular flexibility index (Phi) is 4.39. The van der Waals surface area contributed by atoms with Crippen molar-refractivity contribution in [3.63, 3.8) is 0 Å². The van der Waals surface area contributed by atoms with Crippen molar-refractivity contribution in [3.8, 4) is 11.3 Å². The van der Waals surface area contributed by atoms with Crippen molar-refractivity contribution in [2.45, 2.75) is 0 Å². The molecule has 0 aliphatic carbocycles. The van der Waals surface area contributed by atoms with Crippen LogP contribution in [0.1, 0.15) is 20.8 Å². The summed E-state index contributed by atoms with van der Waals surface area (Å²) in [5.41, 5.74) is 2.09. The van der Waals surface area contributed by atoms with Gasteiger partial charge in [-0.05, 0) is 18.2 Å². The van der Waals surface area contributed by atoms with Crippen LogP contribution >= 0.6 is 11.3 Å². The average Bonchev–Trinajstić information content (AvgIpc) is 3.34. The van der Waals surface area contributed by atoms with Gasteiger partial charge in [-0.25, -0.2) is 9.78 Å². The molecule has 134 valence electrons. The van der Waals surface area contributed by atoms with E-state index in [4.69, 9.17) is 9.26 Å². The summed E-state index contributed by atoms with van der Waals surface area (Å²) < 4.78 is 10.7. The fourth-order valence-corrected chi connectivity index (χ4v) is 3.40. The van der Waals surface area contributed by atoms with Crippen LogP contribution in [0, 0.1) is 0 Å². The van der Waals surface area contributed by atoms with E-state index in [1.165, 1.54) is 18.4 Å². The largest absolute Gasteiger partial charge is 0.465 e. The molecule has 0 atom stereocenters. The molecule has 0 radical (unpaired) electrons. The molecule has 7 nitrogen and oxygen atoms in total. The number of fused-ring (bicyclic) bond motifs is 1. The van der Waals surface area contributed by atoms with Crippen LogP contribution in [0.3, 0.4) is 0 Å². The topological polar surface area (TPSA) is 94.3 Å². The van der Waals surface area contributed by atoms with Gasteiger partial charge in [-0.15, -0.1) is 0 Å². The zero-order chi connectivity index (χ0) is 18.8. The van der Waals surface area contributed by atoms with Crippen molar-refractivity contribution in [2.75, 3.05) is 12.4 Å². The van der Waals surface area contributed by atoms with Gasteiger partial charge in [0.25, 0.3) is 5.91 Å². The molecule has 2 aromatic carbocycles. The summed E-state index contributed by atoms with van der Waals surface area (Å²) in [6.45, 7) is 0. The van der Waals surface area contributed by atoms with Gasteiger partial charge >= 0.3 is 5.97 Å². The fraction of sp³-hybridized carbons (Fsp3) is 0.0526. The van der Waals surface area contributed by atoms with Gasteiger partial charge in [0.2, 0.25) is 0 Å². The predicted molar refractivity (Wildman–Crippen MR) is 101 cm³/mol. The molecule has 1 amide bonds. The second-order valence-electron chi connectivity index (χ2n) is 5.59.